The standard InChI is InChI=1S/C21H19N3O3S2/c1-24-11-15(12-7-9-13(27-2)10-8-12)21(18(28)23-19(26)29-21)20(24)14-5-3-4-6-16(14)22-17(20)25/h3-10,15H,11H2,1-2H3,(H,22,25)(H,23,26,28)/t15-,20+,21-/m1/s1. The van der Waals surface area contributed by atoms with E-state index in [0.717, 1.165) is 34.3 Å². The maximum absolute atomic E-state index is 13.6. The normalized spacial score (nSPS) is 30.7. The minimum absolute atomic E-state index is 0.149. The highest BCUT2D eigenvalue weighted by Gasteiger charge is 2.75. The average molecular weight is 426 g/mol. The van der Waals surface area contributed by atoms with E-state index in [0.29, 0.717) is 11.5 Å². The van der Waals surface area contributed by atoms with Crippen LogP contribution in [0.15, 0.2) is 48.5 Å². The number of hydrogen-bond acceptors (Lipinski definition) is 6. The molecule has 3 atom stereocenters. The molecule has 0 aliphatic carbocycles. The maximum Gasteiger partial charge on any atom is 0.284 e. The summed E-state index contributed by atoms with van der Waals surface area (Å²) < 4.78 is 4.35. The highest BCUT2D eigenvalue weighted by atomic mass is 32.2. The molecule has 2 aromatic rings. The maximum atomic E-state index is 13.6. The van der Waals surface area contributed by atoms with Crippen LogP contribution in [0.1, 0.15) is 17.0 Å². The van der Waals surface area contributed by atoms with Gasteiger partial charge in [-0.15, -0.1) is 0 Å². The first-order valence-electron chi connectivity index (χ1n) is 9.25. The fourth-order valence-electron chi connectivity index (χ4n) is 5.11. The van der Waals surface area contributed by atoms with Crippen LogP contribution >= 0.6 is 24.0 Å². The lowest BCUT2D eigenvalue weighted by Gasteiger charge is -2.42. The molecule has 8 heteroatoms. The molecular weight excluding hydrogens is 406 g/mol. The number of fused-ring (bicyclic) bond motifs is 3. The van der Waals surface area contributed by atoms with E-state index in [2.05, 4.69) is 10.6 Å². The van der Waals surface area contributed by atoms with Crippen molar-refractivity contribution in [3.8, 4) is 5.75 Å². The molecule has 2 amide bonds. The number of hydrogen-bond donors (Lipinski definition) is 2. The minimum Gasteiger partial charge on any atom is -0.497 e. The summed E-state index contributed by atoms with van der Waals surface area (Å²) in [7, 11) is 3.55. The van der Waals surface area contributed by atoms with E-state index in [1.165, 1.54) is 0 Å². The Balaban J connectivity index is 1.77. The molecule has 0 bridgehead atoms. The number of para-hydroxylation sites is 1. The van der Waals surface area contributed by atoms with E-state index in [4.69, 9.17) is 17.0 Å². The molecule has 0 unspecified atom stereocenters. The lowest BCUT2D eigenvalue weighted by atomic mass is 9.72. The monoisotopic (exact) mass is 425 g/mol. The predicted molar refractivity (Wildman–Crippen MR) is 117 cm³/mol. The quantitative estimate of drug-likeness (QED) is 0.721. The Hall–Kier alpha value is -2.42. The molecule has 148 valence electrons. The fourth-order valence-corrected chi connectivity index (χ4v) is 7.13. The van der Waals surface area contributed by atoms with Crippen LogP contribution in [0.3, 0.4) is 0 Å². The van der Waals surface area contributed by atoms with Gasteiger partial charge in [0.05, 0.1) is 7.11 Å². The van der Waals surface area contributed by atoms with E-state index in [1.54, 1.807) is 7.11 Å². The summed E-state index contributed by atoms with van der Waals surface area (Å²) in [5.41, 5.74) is 1.56. The Morgan fingerprint density at radius 1 is 1.14 bits per heavy atom. The van der Waals surface area contributed by atoms with Crippen molar-refractivity contribution in [2.45, 2.75) is 16.2 Å². The average Bonchev–Trinajstić information content (AvgIpc) is 3.28. The van der Waals surface area contributed by atoms with Gasteiger partial charge in [-0.1, -0.05) is 42.5 Å². The van der Waals surface area contributed by atoms with E-state index >= 15 is 0 Å². The first-order chi connectivity index (χ1) is 13.9. The van der Waals surface area contributed by atoms with Crippen LogP contribution < -0.4 is 15.4 Å². The molecule has 0 aromatic heterocycles. The molecule has 3 aliphatic heterocycles. The van der Waals surface area contributed by atoms with Gasteiger partial charge in [0.2, 0.25) is 0 Å². The van der Waals surface area contributed by atoms with Crippen molar-refractivity contribution < 1.29 is 14.3 Å². The SMILES string of the molecule is COc1ccc([C@H]2CN(C)[C@@]3(C(=O)Nc4ccccc43)[C@@]23SC(=O)NC3=S)cc1. The van der Waals surface area contributed by atoms with Crippen LogP contribution in [0.25, 0.3) is 0 Å². The largest absolute Gasteiger partial charge is 0.497 e. The van der Waals surface area contributed by atoms with Crippen LogP contribution in [0.5, 0.6) is 5.75 Å². The van der Waals surface area contributed by atoms with Crippen molar-refractivity contribution in [3.63, 3.8) is 0 Å². The van der Waals surface area contributed by atoms with Crippen LogP contribution in [0.4, 0.5) is 10.5 Å². The Kier molecular flexibility index (Phi) is 4.03. The Morgan fingerprint density at radius 2 is 1.86 bits per heavy atom. The number of amides is 2. The van der Waals surface area contributed by atoms with Gasteiger partial charge in [-0.05, 0) is 42.6 Å². The van der Waals surface area contributed by atoms with E-state index in [9.17, 15) is 9.59 Å². The molecule has 2 fully saturated rings. The van der Waals surface area contributed by atoms with Gasteiger partial charge in [0.25, 0.3) is 11.1 Å². The number of methoxy groups -OCH3 is 1. The molecule has 3 heterocycles. The highest BCUT2D eigenvalue weighted by Crippen LogP contribution is 2.64. The smallest absolute Gasteiger partial charge is 0.284 e. The zero-order valence-corrected chi connectivity index (χ0v) is 17.5. The van der Waals surface area contributed by atoms with Crippen molar-refractivity contribution in [1.29, 1.82) is 0 Å². The number of benzene rings is 2. The zero-order valence-electron chi connectivity index (χ0n) is 15.9. The number of carbonyl (C=O) groups is 2. The number of anilines is 1. The molecule has 2 saturated heterocycles. The predicted octanol–water partition coefficient (Wildman–Crippen LogP) is 3.09. The van der Waals surface area contributed by atoms with Crippen molar-refractivity contribution in [2.75, 3.05) is 26.0 Å². The molecule has 29 heavy (non-hydrogen) atoms. The summed E-state index contributed by atoms with van der Waals surface area (Å²) in [5, 5.41) is 5.62. The number of carbonyl (C=O) groups excluding carboxylic acids is 2. The topological polar surface area (TPSA) is 70.7 Å². The molecule has 3 aliphatic rings. The van der Waals surface area contributed by atoms with Crippen LogP contribution in [0, 0.1) is 0 Å². The fraction of sp³-hybridized carbons (Fsp3) is 0.286. The summed E-state index contributed by atoms with van der Waals surface area (Å²) in [5.74, 6) is 0.444. The summed E-state index contributed by atoms with van der Waals surface area (Å²) in [6, 6.07) is 15.4. The van der Waals surface area contributed by atoms with Crippen LogP contribution in [-0.2, 0) is 10.3 Å². The molecule has 5 rings (SSSR count). The number of rotatable bonds is 2. The first kappa shape index (κ1) is 18.6. The van der Waals surface area contributed by atoms with Crippen molar-refractivity contribution in [2.24, 2.45) is 0 Å². The summed E-state index contributed by atoms with van der Waals surface area (Å²) in [6.07, 6.45) is 0. The third-order valence-corrected chi connectivity index (χ3v) is 8.22. The van der Waals surface area contributed by atoms with Crippen molar-refractivity contribution >= 4 is 45.8 Å². The van der Waals surface area contributed by atoms with Gasteiger partial charge in [0.15, 0.2) is 5.54 Å². The minimum atomic E-state index is -1.07. The first-order valence-corrected chi connectivity index (χ1v) is 10.5. The van der Waals surface area contributed by atoms with E-state index < -0.39 is 10.3 Å². The number of nitrogens with one attached hydrogen (secondary N) is 2. The second kappa shape index (κ2) is 6.29. The van der Waals surface area contributed by atoms with Crippen LogP contribution in [0.2, 0.25) is 0 Å². The number of thiocarbonyl (C=S) groups is 1. The van der Waals surface area contributed by atoms with Gasteiger partial charge in [-0.25, -0.2) is 0 Å². The molecule has 2 aromatic carbocycles. The molecule has 6 nitrogen and oxygen atoms in total. The molecule has 2 N–H and O–H groups in total. The van der Waals surface area contributed by atoms with Gasteiger partial charge in [0.1, 0.15) is 15.5 Å². The molecular formula is C21H19N3O3S2. The molecule has 0 radical (unpaired) electrons. The Morgan fingerprint density at radius 3 is 2.52 bits per heavy atom. The number of thioether (sulfide) groups is 1. The third kappa shape index (κ3) is 2.19. The third-order valence-electron chi connectivity index (χ3n) is 6.28. The number of likely N-dealkylation sites (N-methyl/N-ethyl adjacent to an activating group) is 1. The van der Waals surface area contributed by atoms with Crippen molar-refractivity contribution in [1.82, 2.24) is 10.2 Å². The molecule has 2 spiro atoms. The second-order valence-corrected chi connectivity index (χ2v) is 9.12. The van der Waals surface area contributed by atoms with Gasteiger partial charge in [-0.3, -0.25) is 14.5 Å². The van der Waals surface area contributed by atoms with E-state index in [-0.39, 0.29) is 17.1 Å². The highest BCUT2D eigenvalue weighted by molar-refractivity contribution is 8.17. The number of ether oxygens (including phenoxy) is 1. The van der Waals surface area contributed by atoms with E-state index in [1.807, 2.05) is 60.5 Å². The zero-order chi connectivity index (χ0) is 20.4. The lowest BCUT2D eigenvalue weighted by Crippen LogP contribution is -2.61. The summed E-state index contributed by atoms with van der Waals surface area (Å²) >= 11 is 6.89. The van der Waals surface area contributed by atoms with Crippen LogP contribution in [-0.4, -0.2) is 46.5 Å². The number of likely N-dealkylation sites (tertiary alicyclic amines) is 1. The second-order valence-electron chi connectivity index (χ2n) is 7.50. The molecule has 0 saturated carbocycles. The summed E-state index contributed by atoms with van der Waals surface area (Å²) in [6.45, 7) is 0.580. The number of nitrogens with zero attached hydrogens (tertiary/aromatic N) is 1. The Bertz CT molecular complexity index is 1060. The summed E-state index contributed by atoms with van der Waals surface area (Å²) in [4.78, 5) is 28.6. The van der Waals surface area contributed by atoms with Crippen molar-refractivity contribution in [3.05, 3.63) is 59.7 Å². The van der Waals surface area contributed by atoms with Gasteiger partial charge in [0, 0.05) is 23.7 Å². The van der Waals surface area contributed by atoms with Gasteiger partial charge < -0.3 is 15.4 Å². The Labute approximate surface area is 178 Å². The van der Waals surface area contributed by atoms with Gasteiger partial charge in [-0.2, -0.15) is 0 Å². The lowest BCUT2D eigenvalue weighted by molar-refractivity contribution is -0.125. The van der Waals surface area contributed by atoms with Gasteiger partial charge >= 0.3 is 0 Å².